The van der Waals surface area contributed by atoms with Crippen LogP contribution in [0.25, 0.3) is 0 Å². The van der Waals surface area contributed by atoms with Crippen LogP contribution in [0.5, 0.6) is 0 Å². The van der Waals surface area contributed by atoms with E-state index in [0.29, 0.717) is 0 Å². The average molecular weight is 398 g/mol. The third kappa shape index (κ3) is 4.68. The van der Waals surface area contributed by atoms with Gasteiger partial charge in [-0.05, 0) is 31.0 Å². The number of nitrogens with one attached hydrogen (secondary N) is 3. The first-order valence-electron chi connectivity index (χ1n) is 8.98. The number of carbonyl (C=O) groups excluding carboxylic acids is 1. The number of hydrogen-bond donors (Lipinski definition) is 3. The molecule has 0 radical (unpaired) electrons. The van der Waals surface area contributed by atoms with E-state index < -0.39 is 16.1 Å². The summed E-state index contributed by atoms with van der Waals surface area (Å²) in [5.74, 6) is -0.367. The molecular weight excluding hydrogens is 374 g/mol. The topological polar surface area (TPSA) is 91.1 Å². The van der Waals surface area contributed by atoms with Crippen molar-refractivity contribution in [1.29, 1.82) is 0 Å². The van der Waals surface area contributed by atoms with Gasteiger partial charge >= 0.3 is 0 Å². The molecule has 0 aliphatic heterocycles. The summed E-state index contributed by atoms with van der Waals surface area (Å²) in [5.41, 5.74) is 2.01. The lowest BCUT2D eigenvalue weighted by Gasteiger charge is -2.14. The largest absolute Gasteiger partial charge is 0.356 e. The van der Waals surface area contributed by atoms with Gasteiger partial charge in [-0.3, -0.25) is 4.79 Å². The van der Waals surface area contributed by atoms with E-state index in [9.17, 15) is 13.2 Å². The van der Waals surface area contributed by atoms with Gasteiger partial charge in [-0.1, -0.05) is 60.7 Å². The normalized spacial score (nSPS) is 13.6. The maximum Gasteiger partial charge on any atom is 0.268 e. The summed E-state index contributed by atoms with van der Waals surface area (Å²) in [7, 11) is -3.76. The van der Waals surface area contributed by atoms with Gasteiger partial charge in [0.1, 0.15) is 10.6 Å². The van der Waals surface area contributed by atoms with Crippen LogP contribution in [0.15, 0.2) is 77.8 Å². The second-order valence-electron chi connectivity index (χ2n) is 6.61. The fourth-order valence-electron chi connectivity index (χ4n) is 2.87. The van der Waals surface area contributed by atoms with Gasteiger partial charge in [-0.25, -0.2) is 13.1 Å². The summed E-state index contributed by atoms with van der Waals surface area (Å²) >= 11 is 0. The first kappa shape index (κ1) is 19.9. The molecule has 3 aromatic rings. The molecule has 3 N–H and O–H groups in total. The minimum absolute atomic E-state index is 0.0211. The van der Waals surface area contributed by atoms with Crippen LogP contribution >= 0.6 is 0 Å². The van der Waals surface area contributed by atoms with Crippen molar-refractivity contribution in [1.82, 2.24) is 15.0 Å². The summed E-state index contributed by atoms with van der Waals surface area (Å²) in [6, 6.07) is 19.6. The standard InChI is InChI=1S/C21H23N3O3S/c1-15(17-9-5-3-6-10-17)23-21(25)20-13-19(14-22-20)28(26,27)24-16(2)18-11-7-4-8-12-18/h3-16,22,24H,1-2H3,(H,23,25)/t15-,16-/m0/s1. The quantitative estimate of drug-likeness (QED) is 0.569. The van der Waals surface area contributed by atoms with Crippen molar-refractivity contribution in [2.24, 2.45) is 0 Å². The first-order chi connectivity index (χ1) is 13.4. The first-order valence-corrected chi connectivity index (χ1v) is 10.5. The van der Waals surface area contributed by atoms with E-state index in [4.69, 9.17) is 0 Å². The predicted molar refractivity (Wildman–Crippen MR) is 108 cm³/mol. The summed E-state index contributed by atoms with van der Waals surface area (Å²) in [6.45, 7) is 3.64. The van der Waals surface area contributed by atoms with Crippen LogP contribution in [-0.4, -0.2) is 19.3 Å². The number of aromatic amines is 1. The van der Waals surface area contributed by atoms with Crippen molar-refractivity contribution in [3.05, 3.63) is 89.7 Å². The third-order valence-corrected chi connectivity index (χ3v) is 6.01. The van der Waals surface area contributed by atoms with Crippen molar-refractivity contribution in [2.45, 2.75) is 30.8 Å². The van der Waals surface area contributed by atoms with Gasteiger partial charge in [0.2, 0.25) is 10.0 Å². The van der Waals surface area contributed by atoms with Crippen LogP contribution in [0.3, 0.4) is 0 Å². The van der Waals surface area contributed by atoms with Crippen molar-refractivity contribution in [3.63, 3.8) is 0 Å². The van der Waals surface area contributed by atoms with Gasteiger partial charge in [-0.2, -0.15) is 0 Å². The number of H-pyrrole nitrogens is 1. The summed E-state index contributed by atoms with van der Waals surface area (Å²) in [6.07, 6.45) is 1.32. The van der Waals surface area contributed by atoms with Crippen LogP contribution in [0.2, 0.25) is 0 Å². The molecular formula is C21H23N3O3S. The van der Waals surface area contributed by atoms with Gasteiger partial charge in [0.15, 0.2) is 0 Å². The van der Waals surface area contributed by atoms with E-state index >= 15 is 0 Å². The van der Waals surface area contributed by atoms with Crippen molar-refractivity contribution >= 4 is 15.9 Å². The maximum absolute atomic E-state index is 12.6. The minimum atomic E-state index is -3.76. The molecule has 0 fully saturated rings. The average Bonchev–Trinajstić information content (AvgIpc) is 3.20. The highest BCUT2D eigenvalue weighted by atomic mass is 32.2. The number of amides is 1. The van der Waals surface area contributed by atoms with Crippen molar-refractivity contribution in [2.75, 3.05) is 0 Å². The zero-order valence-corrected chi connectivity index (χ0v) is 16.5. The maximum atomic E-state index is 12.6. The SMILES string of the molecule is C[C@H](NC(=O)c1cc(S(=O)(=O)N[C@@H](C)c2ccccc2)c[nH]1)c1ccccc1. The van der Waals surface area contributed by atoms with E-state index in [2.05, 4.69) is 15.0 Å². The van der Waals surface area contributed by atoms with E-state index in [1.165, 1.54) is 12.3 Å². The Kier molecular flexibility index (Phi) is 5.96. The highest BCUT2D eigenvalue weighted by Crippen LogP contribution is 2.18. The Hall–Kier alpha value is -2.90. The summed E-state index contributed by atoms with van der Waals surface area (Å²) in [5, 5.41) is 2.86. The van der Waals surface area contributed by atoms with Crippen LogP contribution < -0.4 is 10.0 Å². The van der Waals surface area contributed by atoms with Gasteiger partial charge in [0.05, 0.1) is 6.04 Å². The molecule has 146 valence electrons. The Balaban J connectivity index is 1.69. The van der Waals surface area contributed by atoms with E-state index in [-0.39, 0.29) is 22.5 Å². The number of benzene rings is 2. The highest BCUT2D eigenvalue weighted by molar-refractivity contribution is 7.89. The summed E-state index contributed by atoms with van der Waals surface area (Å²) in [4.78, 5) is 15.2. The van der Waals surface area contributed by atoms with E-state index in [1.807, 2.05) is 67.6 Å². The molecule has 28 heavy (non-hydrogen) atoms. The molecule has 0 saturated heterocycles. The predicted octanol–water partition coefficient (Wildman–Crippen LogP) is 3.55. The molecule has 1 amide bonds. The lowest BCUT2D eigenvalue weighted by atomic mass is 10.1. The Morgan fingerprint density at radius 1 is 0.893 bits per heavy atom. The summed E-state index contributed by atoms with van der Waals surface area (Å²) < 4.78 is 27.9. The second-order valence-corrected chi connectivity index (χ2v) is 8.32. The number of sulfonamides is 1. The molecule has 1 heterocycles. The monoisotopic (exact) mass is 397 g/mol. The Morgan fingerprint density at radius 2 is 1.43 bits per heavy atom. The molecule has 7 heteroatoms. The van der Waals surface area contributed by atoms with E-state index in [0.717, 1.165) is 11.1 Å². The molecule has 3 rings (SSSR count). The van der Waals surface area contributed by atoms with Gasteiger partial charge in [0.25, 0.3) is 5.91 Å². The highest BCUT2D eigenvalue weighted by Gasteiger charge is 2.22. The Morgan fingerprint density at radius 3 is 2.00 bits per heavy atom. The molecule has 2 atom stereocenters. The van der Waals surface area contributed by atoms with E-state index in [1.54, 1.807) is 6.92 Å². The molecule has 0 aliphatic carbocycles. The van der Waals surface area contributed by atoms with Crippen LogP contribution in [0.4, 0.5) is 0 Å². The molecule has 0 unspecified atom stereocenters. The zero-order valence-electron chi connectivity index (χ0n) is 15.7. The van der Waals surface area contributed by atoms with Gasteiger partial charge < -0.3 is 10.3 Å². The molecule has 1 aromatic heterocycles. The fraction of sp³-hybridized carbons (Fsp3) is 0.190. The smallest absolute Gasteiger partial charge is 0.268 e. The number of hydrogen-bond acceptors (Lipinski definition) is 3. The number of carbonyl (C=O) groups is 1. The van der Waals surface area contributed by atoms with Gasteiger partial charge in [-0.15, -0.1) is 0 Å². The molecule has 2 aromatic carbocycles. The lowest BCUT2D eigenvalue weighted by Crippen LogP contribution is -2.27. The second kappa shape index (κ2) is 8.41. The lowest BCUT2D eigenvalue weighted by molar-refractivity contribution is 0.0935. The van der Waals surface area contributed by atoms with Crippen LogP contribution in [-0.2, 0) is 10.0 Å². The molecule has 6 nitrogen and oxygen atoms in total. The van der Waals surface area contributed by atoms with Crippen LogP contribution in [0, 0.1) is 0 Å². The van der Waals surface area contributed by atoms with Crippen LogP contribution in [0.1, 0.15) is 47.5 Å². The minimum Gasteiger partial charge on any atom is -0.356 e. The molecule has 0 bridgehead atoms. The van der Waals surface area contributed by atoms with Gasteiger partial charge in [0, 0.05) is 12.2 Å². The number of aromatic nitrogens is 1. The van der Waals surface area contributed by atoms with Crippen molar-refractivity contribution in [3.8, 4) is 0 Å². The Bertz CT molecular complexity index is 1030. The molecule has 0 aliphatic rings. The zero-order chi connectivity index (χ0) is 20.1. The molecule has 0 spiro atoms. The van der Waals surface area contributed by atoms with Crippen molar-refractivity contribution < 1.29 is 13.2 Å². The number of rotatable bonds is 7. The fourth-order valence-corrected chi connectivity index (χ4v) is 4.10. The Labute approximate surface area is 165 Å². The molecule has 0 saturated carbocycles. The third-order valence-electron chi connectivity index (χ3n) is 4.49.